The van der Waals surface area contributed by atoms with E-state index >= 15 is 0 Å². The molecule has 2 aromatic heterocycles. The molecule has 0 bridgehead atoms. The van der Waals surface area contributed by atoms with E-state index in [4.69, 9.17) is 14.2 Å². The van der Waals surface area contributed by atoms with Crippen molar-refractivity contribution in [1.82, 2.24) is 20.2 Å². The Morgan fingerprint density at radius 1 is 0.912 bits per heavy atom. The van der Waals surface area contributed by atoms with E-state index in [1.807, 2.05) is 36.4 Å². The van der Waals surface area contributed by atoms with Crippen LogP contribution in [0.4, 0.5) is 0 Å². The monoisotopic (exact) mass is 460 g/mol. The first-order chi connectivity index (χ1) is 16.5. The number of pyridine rings is 1. The van der Waals surface area contributed by atoms with E-state index in [1.54, 1.807) is 29.7 Å². The third-order valence-electron chi connectivity index (χ3n) is 5.16. The van der Waals surface area contributed by atoms with Crippen LogP contribution in [0.3, 0.4) is 0 Å². The highest BCUT2D eigenvalue weighted by atomic mass is 16.5. The Morgan fingerprint density at radius 3 is 2.24 bits per heavy atom. The maximum absolute atomic E-state index is 12.8. The van der Waals surface area contributed by atoms with Crippen LogP contribution in [-0.4, -0.2) is 35.4 Å². The minimum absolute atomic E-state index is 0.218. The number of aryl methyl sites for hydroxylation is 1. The van der Waals surface area contributed by atoms with Crippen molar-refractivity contribution in [2.75, 3.05) is 14.2 Å². The zero-order valence-corrected chi connectivity index (χ0v) is 19.0. The van der Waals surface area contributed by atoms with Crippen molar-refractivity contribution < 1.29 is 23.8 Å². The van der Waals surface area contributed by atoms with Gasteiger partial charge in [-0.2, -0.15) is 0 Å². The first-order valence-corrected chi connectivity index (χ1v) is 10.5. The molecule has 9 heteroatoms. The molecule has 0 spiro atoms. The molecule has 174 valence electrons. The molecule has 9 nitrogen and oxygen atoms in total. The van der Waals surface area contributed by atoms with Gasteiger partial charge in [-0.3, -0.25) is 24.8 Å². The van der Waals surface area contributed by atoms with Crippen LogP contribution in [0.15, 0.2) is 66.9 Å². The largest absolute Gasteiger partial charge is 0.493 e. The summed E-state index contributed by atoms with van der Waals surface area (Å²) in [6, 6.07) is 18.1. The van der Waals surface area contributed by atoms with E-state index in [2.05, 4.69) is 15.8 Å². The number of amides is 2. The van der Waals surface area contributed by atoms with Crippen molar-refractivity contribution in [1.29, 1.82) is 0 Å². The van der Waals surface area contributed by atoms with E-state index in [0.29, 0.717) is 40.9 Å². The number of nitrogens with one attached hydrogen (secondary N) is 2. The second-order valence-corrected chi connectivity index (χ2v) is 7.37. The molecule has 2 heterocycles. The second kappa shape index (κ2) is 9.95. The van der Waals surface area contributed by atoms with Crippen LogP contribution in [0, 0.1) is 6.92 Å². The van der Waals surface area contributed by atoms with Gasteiger partial charge in [0.25, 0.3) is 11.8 Å². The number of hydrazine groups is 1. The van der Waals surface area contributed by atoms with Crippen molar-refractivity contribution in [2.24, 2.45) is 0 Å². The van der Waals surface area contributed by atoms with Gasteiger partial charge < -0.3 is 14.2 Å². The molecule has 34 heavy (non-hydrogen) atoms. The summed E-state index contributed by atoms with van der Waals surface area (Å²) in [5.41, 5.74) is 7.57. The van der Waals surface area contributed by atoms with Crippen molar-refractivity contribution in [3.8, 4) is 17.2 Å². The molecule has 2 aromatic carbocycles. The average molecular weight is 460 g/mol. The Kier molecular flexibility index (Phi) is 6.63. The van der Waals surface area contributed by atoms with Gasteiger partial charge in [0.05, 0.1) is 19.9 Å². The standard InChI is InChI=1S/C25H24N4O5/c1-16-22(29-12-8-7-11-21(29)26-16)25(31)28-27-24(30)18-13-19(32-2)23(20(14-18)33-3)34-15-17-9-5-4-6-10-17/h4-14H,15H2,1-3H3,(H,27,30)(H,28,31). The molecule has 0 aliphatic carbocycles. The number of imidazole rings is 1. The number of methoxy groups -OCH3 is 2. The van der Waals surface area contributed by atoms with E-state index < -0.39 is 11.8 Å². The number of nitrogens with zero attached hydrogens (tertiary/aromatic N) is 2. The number of hydrogen-bond donors (Lipinski definition) is 2. The van der Waals surface area contributed by atoms with Crippen LogP contribution in [0.25, 0.3) is 5.65 Å². The first kappa shape index (κ1) is 22.7. The van der Waals surface area contributed by atoms with Crippen LogP contribution in [0.1, 0.15) is 32.1 Å². The lowest BCUT2D eigenvalue weighted by Crippen LogP contribution is -2.42. The summed E-state index contributed by atoms with van der Waals surface area (Å²) < 4.78 is 18.4. The lowest BCUT2D eigenvalue weighted by molar-refractivity contribution is 0.0842. The summed E-state index contributed by atoms with van der Waals surface area (Å²) >= 11 is 0. The maximum Gasteiger partial charge on any atom is 0.288 e. The summed E-state index contributed by atoms with van der Waals surface area (Å²) in [5.74, 6) is -0.0260. The van der Waals surface area contributed by atoms with Gasteiger partial charge in [0.15, 0.2) is 11.5 Å². The predicted molar refractivity (Wildman–Crippen MR) is 125 cm³/mol. The summed E-state index contributed by atoms with van der Waals surface area (Å²) in [6.07, 6.45) is 1.73. The predicted octanol–water partition coefficient (Wildman–Crippen LogP) is 3.31. The average Bonchev–Trinajstić information content (AvgIpc) is 3.21. The fraction of sp³-hybridized carbons (Fsp3) is 0.160. The van der Waals surface area contributed by atoms with Crippen molar-refractivity contribution in [3.63, 3.8) is 0 Å². The van der Waals surface area contributed by atoms with E-state index in [1.165, 1.54) is 26.4 Å². The highest BCUT2D eigenvalue weighted by Gasteiger charge is 2.20. The minimum Gasteiger partial charge on any atom is -0.493 e. The Balaban J connectivity index is 1.50. The Labute approximate surface area is 196 Å². The quantitative estimate of drug-likeness (QED) is 0.410. The van der Waals surface area contributed by atoms with Crippen LogP contribution in [0.2, 0.25) is 0 Å². The van der Waals surface area contributed by atoms with Crippen LogP contribution in [0.5, 0.6) is 17.2 Å². The third-order valence-corrected chi connectivity index (χ3v) is 5.16. The van der Waals surface area contributed by atoms with Crippen LogP contribution >= 0.6 is 0 Å². The lowest BCUT2D eigenvalue weighted by atomic mass is 10.1. The molecular formula is C25H24N4O5. The number of hydrogen-bond acceptors (Lipinski definition) is 6. The van der Waals surface area contributed by atoms with Gasteiger partial charge in [-0.05, 0) is 36.8 Å². The van der Waals surface area contributed by atoms with E-state index in [9.17, 15) is 9.59 Å². The van der Waals surface area contributed by atoms with Crippen molar-refractivity contribution in [2.45, 2.75) is 13.5 Å². The van der Waals surface area contributed by atoms with Gasteiger partial charge in [0.1, 0.15) is 17.9 Å². The van der Waals surface area contributed by atoms with Gasteiger partial charge >= 0.3 is 0 Å². The summed E-state index contributed by atoms with van der Waals surface area (Å²) in [4.78, 5) is 29.9. The van der Waals surface area contributed by atoms with Crippen molar-refractivity contribution in [3.05, 3.63) is 89.4 Å². The number of benzene rings is 2. The number of fused-ring (bicyclic) bond motifs is 1. The van der Waals surface area contributed by atoms with E-state index in [0.717, 1.165) is 5.56 Å². The number of ether oxygens (including phenoxy) is 3. The van der Waals surface area contributed by atoms with Crippen LogP contribution < -0.4 is 25.1 Å². The molecule has 0 atom stereocenters. The molecule has 2 N–H and O–H groups in total. The molecule has 4 rings (SSSR count). The fourth-order valence-electron chi connectivity index (χ4n) is 3.51. The summed E-state index contributed by atoms with van der Waals surface area (Å²) in [7, 11) is 2.95. The number of rotatable bonds is 7. The molecule has 0 fully saturated rings. The molecule has 0 aliphatic rings. The maximum atomic E-state index is 12.8. The molecule has 0 radical (unpaired) electrons. The number of carbonyl (C=O) groups excluding carboxylic acids is 2. The smallest absolute Gasteiger partial charge is 0.288 e. The molecule has 2 amide bonds. The third kappa shape index (κ3) is 4.63. The second-order valence-electron chi connectivity index (χ2n) is 7.37. The normalized spacial score (nSPS) is 10.6. The van der Waals surface area contributed by atoms with Gasteiger partial charge in [0.2, 0.25) is 5.75 Å². The Morgan fingerprint density at radius 2 is 1.56 bits per heavy atom. The van der Waals surface area contributed by atoms with Gasteiger partial charge in [-0.15, -0.1) is 0 Å². The zero-order chi connectivity index (χ0) is 24.1. The summed E-state index contributed by atoms with van der Waals surface area (Å²) in [5, 5.41) is 0. The number of carbonyl (C=O) groups is 2. The number of aromatic nitrogens is 2. The lowest BCUT2D eigenvalue weighted by Gasteiger charge is -2.16. The molecule has 0 aliphatic heterocycles. The Bertz CT molecular complexity index is 1310. The van der Waals surface area contributed by atoms with Gasteiger partial charge in [-0.25, -0.2) is 4.98 Å². The van der Waals surface area contributed by atoms with Gasteiger partial charge in [-0.1, -0.05) is 36.4 Å². The highest BCUT2D eigenvalue weighted by Crippen LogP contribution is 2.39. The zero-order valence-electron chi connectivity index (χ0n) is 19.0. The van der Waals surface area contributed by atoms with Crippen LogP contribution in [-0.2, 0) is 6.61 Å². The van der Waals surface area contributed by atoms with Gasteiger partial charge in [0, 0.05) is 11.8 Å². The molecule has 0 saturated carbocycles. The van der Waals surface area contributed by atoms with E-state index in [-0.39, 0.29) is 5.56 Å². The molecule has 4 aromatic rings. The summed E-state index contributed by atoms with van der Waals surface area (Å²) in [6.45, 7) is 2.03. The molecular weight excluding hydrogens is 436 g/mol. The fourth-order valence-corrected chi connectivity index (χ4v) is 3.51. The Hall–Kier alpha value is -4.53. The molecule has 0 unspecified atom stereocenters. The molecule has 0 saturated heterocycles. The first-order valence-electron chi connectivity index (χ1n) is 10.5. The highest BCUT2D eigenvalue weighted by molar-refractivity contribution is 5.99. The topological polar surface area (TPSA) is 103 Å². The SMILES string of the molecule is COc1cc(C(=O)NNC(=O)c2c(C)nc3ccccn23)cc(OC)c1OCc1ccccc1. The van der Waals surface area contributed by atoms with Crippen molar-refractivity contribution >= 4 is 17.5 Å². The minimum atomic E-state index is -0.550.